The Morgan fingerprint density at radius 2 is 1.95 bits per heavy atom. The summed E-state index contributed by atoms with van der Waals surface area (Å²) in [6.07, 6.45) is 4.60. The van der Waals surface area contributed by atoms with E-state index >= 15 is 0 Å². The Morgan fingerprint density at radius 3 is 2.62 bits per heavy atom. The minimum absolute atomic E-state index is 0. The van der Waals surface area contributed by atoms with Gasteiger partial charge in [-0.3, -0.25) is 4.79 Å². The molecule has 0 saturated carbocycles. The third kappa shape index (κ3) is 2.47. The zero-order chi connectivity index (χ0) is 13.6. The summed E-state index contributed by atoms with van der Waals surface area (Å²) >= 11 is 0. The third-order valence-corrected chi connectivity index (χ3v) is 5.62. The molecule has 0 aromatic heterocycles. The van der Waals surface area contributed by atoms with Gasteiger partial charge >= 0.3 is 0 Å². The van der Waals surface area contributed by atoms with Crippen LogP contribution in [-0.2, 0) is 11.2 Å². The largest absolute Gasteiger partial charge is 0.342 e. The van der Waals surface area contributed by atoms with Crippen LogP contribution in [0.5, 0.6) is 0 Å². The third-order valence-electron chi connectivity index (χ3n) is 5.62. The van der Waals surface area contributed by atoms with E-state index in [0.29, 0.717) is 11.3 Å². The summed E-state index contributed by atoms with van der Waals surface area (Å²) < 4.78 is 0. The van der Waals surface area contributed by atoms with Crippen LogP contribution in [0.25, 0.3) is 0 Å². The highest BCUT2D eigenvalue weighted by Gasteiger charge is 2.41. The van der Waals surface area contributed by atoms with E-state index < -0.39 is 0 Å². The molecule has 2 aliphatic heterocycles. The maximum Gasteiger partial charge on any atom is 0.230 e. The lowest BCUT2D eigenvalue weighted by molar-refractivity contribution is -0.135. The predicted molar refractivity (Wildman–Crippen MR) is 85.9 cm³/mol. The van der Waals surface area contributed by atoms with E-state index in [2.05, 4.69) is 28.4 Å². The van der Waals surface area contributed by atoms with Crippen molar-refractivity contribution in [3.05, 3.63) is 35.4 Å². The number of halogens is 1. The average molecular weight is 307 g/mol. The van der Waals surface area contributed by atoms with Crippen LogP contribution in [0.3, 0.4) is 0 Å². The van der Waals surface area contributed by atoms with Crippen molar-refractivity contribution in [2.45, 2.75) is 31.6 Å². The SMILES string of the molecule is Cl.O=C(C1Cc2ccccc21)N1CCC2(CCNC2)CC1. The Labute approximate surface area is 132 Å². The number of piperidine rings is 1. The average Bonchev–Trinajstić information content (AvgIpc) is 2.89. The van der Waals surface area contributed by atoms with Crippen molar-refractivity contribution < 1.29 is 4.79 Å². The summed E-state index contributed by atoms with van der Waals surface area (Å²) in [6.45, 7) is 4.23. The van der Waals surface area contributed by atoms with Gasteiger partial charge in [0.05, 0.1) is 5.92 Å². The van der Waals surface area contributed by atoms with Crippen molar-refractivity contribution in [3.8, 4) is 0 Å². The van der Waals surface area contributed by atoms with Gasteiger partial charge in [-0.2, -0.15) is 0 Å². The molecule has 1 aliphatic carbocycles. The van der Waals surface area contributed by atoms with Crippen molar-refractivity contribution in [3.63, 3.8) is 0 Å². The Balaban J connectivity index is 0.00000132. The van der Waals surface area contributed by atoms with Crippen LogP contribution in [0, 0.1) is 5.41 Å². The van der Waals surface area contributed by atoms with Gasteiger partial charge in [0.1, 0.15) is 0 Å². The van der Waals surface area contributed by atoms with Crippen LogP contribution < -0.4 is 5.32 Å². The first-order valence-corrected chi connectivity index (χ1v) is 7.85. The summed E-state index contributed by atoms with van der Waals surface area (Å²) in [6, 6.07) is 8.38. The summed E-state index contributed by atoms with van der Waals surface area (Å²) in [5, 5.41) is 3.48. The molecule has 3 aliphatic rings. The fourth-order valence-electron chi connectivity index (χ4n) is 4.12. The van der Waals surface area contributed by atoms with Gasteiger partial charge in [-0.15, -0.1) is 12.4 Å². The topological polar surface area (TPSA) is 32.3 Å². The lowest BCUT2D eigenvalue weighted by Crippen LogP contribution is -2.47. The first-order valence-electron chi connectivity index (χ1n) is 7.85. The molecular weight excluding hydrogens is 284 g/mol. The Bertz CT molecular complexity index is 529. The van der Waals surface area contributed by atoms with E-state index in [4.69, 9.17) is 0 Å². The second-order valence-electron chi connectivity index (χ2n) is 6.71. The van der Waals surface area contributed by atoms with Crippen molar-refractivity contribution in [1.82, 2.24) is 10.2 Å². The number of fused-ring (bicyclic) bond motifs is 1. The van der Waals surface area contributed by atoms with Crippen LogP contribution >= 0.6 is 12.4 Å². The van der Waals surface area contributed by atoms with Gasteiger partial charge in [0.25, 0.3) is 0 Å². The highest BCUT2D eigenvalue weighted by atomic mass is 35.5. The summed E-state index contributed by atoms with van der Waals surface area (Å²) in [5.74, 6) is 0.506. The number of likely N-dealkylation sites (tertiary alicyclic amines) is 1. The van der Waals surface area contributed by atoms with Gasteiger partial charge in [-0.05, 0) is 48.8 Å². The Hall–Kier alpha value is -1.06. The maximum atomic E-state index is 12.7. The van der Waals surface area contributed by atoms with Gasteiger partial charge in [0.15, 0.2) is 0 Å². The van der Waals surface area contributed by atoms with Gasteiger partial charge in [0, 0.05) is 19.6 Å². The van der Waals surface area contributed by atoms with E-state index in [9.17, 15) is 4.79 Å². The minimum Gasteiger partial charge on any atom is -0.342 e. The van der Waals surface area contributed by atoms with E-state index in [-0.39, 0.29) is 18.3 Å². The smallest absolute Gasteiger partial charge is 0.230 e. The highest BCUT2D eigenvalue weighted by Crippen LogP contribution is 2.40. The van der Waals surface area contributed by atoms with E-state index in [1.165, 1.54) is 30.4 Å². The number of nitrogens with one attached hydrogen (secondary N) is 1. The summed E-state index contributed by atoms with van der Waals surface area (Å²) in [5.41, 5.74) is 3.12. The lowest BCUT2D eigenvalue weighted by atomic mass is 9.75. The van der Waals surface area contributed by atoms with Crippen molar-refractivity contribution in [1.29, 1.82) is 0 Å². The molecule has 1 amide bonds. The Morgan fingerprint density at radius 1 is 1.19 bits per heavy atom. The van der Waals surface area contributed by atoms with Gasteiger partial charge in [0.2, 0.25) is 5.91 Å². The molecule has 0 bridgehead atoms. The van der Waals surface area contributed by atoms with Crippen LogP contribution in [-0.4, -0.2) is 37.0 Å². The summed E-state index contributed by atoms with van der Waals surface area (Å²) in [7, 11) is 0. The second kappa shape index (κ2) is 5.62. The quantitative estimate of drug-likeness (QED) is 0.864. The molecule has 1 aromatic rings. The van der Waals surface area contributed by atoms with E-state index in [0.717, 1.165) is 32.6 Å². The van der Waals surface area contributed by atoms with E-state index in [1.807, 2.05) is 6.07 Å². The number of amides is 1. The predicted octanol–water partition coefficient (Wildman–Crippen LogP) is 2.35. The number of nitrogens with zero attached hydrogens (tertiary/aromatic N) is 1. The molecule has 4 heteroatoms. The molecule has 21 heavy (non-hydrogen) atoms. The molecule has 0 radical (unpaired) electrons. The number of carbonyl (C=O) groups is 1. The molecule has 1 unspecified atom stereocenters. The molecule has 2 saturated heterocycles. The first kappa shape index (κ1) is 14.9. The zero-order valence-corrected chi connectivity index (χ0v) is 13.1. The molecular formula is C17H23ClN2O. The number of benzene rings is 1. The maximum absolute atomic E-state index is 12.7. The first-order chi connectivity index (χ1) is 9.77. The van der Waals surface area contributed by atoms with Crippen molar-refractivity contribution in [2.75, 3.05) is 26.2 Å². The number of hydrogen-bond acceptors (Lipinski definition) is 2. The standard InChI is InChI=1S/C17H22N2O.ClH/c20-16(15-11-13-3-1-2-4-14(13)15)19-9-6-17(7-10-19)5-8-18-12-17;/h1-4,15,18H,5-12H2;1H. The highest BCUT2D eigenvalue weighted by molar-refractivity contribution is 5.87. The normalized spacial score (nSPS) is 25.9. The monoisotopic (exact) mass is 306 g/mol. The van der Waals surface area contributed by atoms with Crippen molar-refractivity contribution >= 4 is 18.3 Å². The fourth-order valence-corrected chi connectivity index (χ4v) is 4.12. The molecule has 1 aromatic carbocycles. The van der Waals surface area contributed by atoms with Crippen molar-refractivity contribution in [2.24, 2.45) is 5.41 Å². The Kier molecular flexibility index (Phi) is 3.98. The van der Waals surface area contributed by atoms with Crippen LogP contribution in [0.2, 0.25) is 0 Å². The molecule has 2 heterocycles. The number of rotatable bonds is 1. The zero-order valence-electron chi connectivity index (χ0n) is 12.3. The number of hydrogen-bond donors (Lipinski definition) is 1. The summed E-state index contributed by atoms with van der Waals surface area (Å²) in [4.78, 5) is 14.8. The molecule has 114 valence electrons. The van der Waals surface area contributed by atoms with Gasteiger partial charge in [-0.25, -0.2) is 0 Å². The molecule has 2 fully saturated rings. The minimum atomic E-state index is 0. The molecule has 1 spiro atoms. The van der Waals surface area contributed by atoms with Crippen LogP contribution in [0.15, 0.2) is 24.3 Å². The second-order valence-corrected chi connectivity index (χ2v) is 6.71. The molecule has 1 N–H and O–H groups in total. The number of carbonyl (C=O) groups excluding carboxylic acids is 1. The molecule has 1 atom stereocenters. The van der Waals surface area contributed by atoms with E-state index in [1.54, 1.807) is 0 Å². The van der Waals surface area contributed by atoms with Gasteiger partial charge in [-0.1, -0.05) is 24.3 Å². The molecule has 4 rings (SSSR count). The van der Waals surface area contributed by atoms with Crippen LogP contribution in [0.1, 0.15) is 36.3 Å². The fraction of sp³-hybridized carbons (Fsp3) is 0.588. The molecule has 3 nitrogen and oxygen atoms in total. The van der Waals surface area contributed by atoms with Gasteiger partial charge < -0.3 is 10.2 Å². The lowest BCUT2D eigenvalue weighted by Gasteiger charge is -2.41. The van der Waals surface area contributed by atoms with Crippen LogP contribution in [0.4, 0.5) is 0 Å².